The van der Waals surface area contributed by atoms with Crippen LogP contribution in [0.2, 0.25) is 0 Å². The molecule has 0 bridgehead atoms. The molecule has 1 atom stereocenters. The molecular weight excluding hydrogens is 132 g/mol. The molecule has 0 radical (unpaired) electrons. The highest BCUT2D eigenvalue weighted by molar-refractivity contribution is 4.53. The van der Waals surface area contributed by atoms with Crippen LogP contribution in [-0.2, 0) is 4.74 Å². The van der Waals surface area contributed by atoms with Gasteiger partial charge in [-0.05, 0) is 12.8 Å². The monoisotopic (exact) mass is 148 g/mol. The van der Waals surface area contributed by atoms with E-state index in [2.05, 4.69) is 0 Å². The normalized spacial score (nSPS) is 13.5. The lowest BCUT2D eigenvalue weighted by molar-refractivity contribution is 0.0134. The smallest absolute Gasteiger partial charge is 0.0701 e. The summed E-state index contributed by atoms with van der Waals surface area (Å²) < 4.78 is 5.17. The van der Waals surface area contributed by atoms with Crippen LogP contribution in [0.4, 0.5) is 0 Å². The second kappa shape index (κ2) is 6.99. The lowest BCUT2D eigenvalue weighted by Crippen LogP contribution is -2.15. The third-order valence-electron chi connectivity index (χ3n) is 1.35. The van der Waals surface area contributed by atoms with Gasteiger partial charge in [-0.25, -0.2) is 0 Å². The zero-order chi connectivity index (χ0) is 7.82. The van der Waals surface area contributed by atoms with Crippen LogP contribution in [0.15, 0.2) is 0 Å². The van der Waals surface area contributed by atoms with E-state index in [-0.39, 0.29) is 19.3 Å². The Labute approximate surface area is 61.6 Å². The van der Waals surface area contributed by atoms with Crippen molar-refractivity contribution in [1.29, 1.82) is 0 Å². The topological polar surface area (TPSA) is 49.7 Å². The van der Waals surface area contributed by atoms with E-state index in [1.165, 1.54) is 0 Å². The van der Waals surface area contributed by atoms with Crippen molar-refractivity contribution < 1.29 is 14.9 Å². The minimum absolute atomic E-state index is 0.0575. The summed E-state index contributed by atoms with van der Waals surface area (Å²) in [7, 11) is 0. The van der Waals surface area contributed by atoms with Gasteiger partial charge in [-0.1, -0.05) is 6.92 Å². The molecule has 3 heteroatoms. The van der Waals surface area contributed by atoms with E-state index in [0.29, 0.717) is 13.0 Å². The summed E-state index contributed by atoms with van der Waals surface area (Å²) in [5, 5.41) is 16.9. The molecule has 0 aliphatic heterocycles. The van der Waals surface area contributed by atoms with E-state index in [9.17, 15) is 0 Å². The van der Waals surface area contributed by atoms with E-state index in [0.717, 1.165) is 6.42 Å². The van der Waals surface area contributed by atoms with Gasteiger partial charge in [0.05, 0.1) is 19.3 Å². The van der Waals surface area contributed by atoms with E-state index in [1.807, 2.05) is 6.92 Å². The molecule has 0 aliphatic carbocycles. The molecule has 10 heavy (non-hydrogen) atoms. The fraction of sp³-hybridized carbons (Fsp3) is 1.00. The van der Waals surface area contributed by atoms with Gasteiger partial charge < -0.3 is 14.9 Å². The average Bonchev–Trinajstić information content (AvgIpc) is 1.98. The molecule has 0 spiro atoms. The third kappa shape index (κ3) is 4.73. The van der Waals surface area contributed by atoms with E-state index in [4.69, 9.17) is 14.9 Å². The Morgan fingerprint density at radius 3 is 2.40 bits per heavy atom. The van der Waals surface area contributed by atoms with Crippen LogP contribution in [0.3, 0.4) is 0 Å². The Balaban J connectivity index is 3.21. The lowest BCUT2D eigenvalue weighted by Gasteiger charge is -2.12. The maximum Gasteiger partial charge on any atom is 0.0701 e. The van der Waals surface area contributed by atoms with Crippen LogP contribution in [0.25, 0.3) is 0 Å². The standard InChI is InChI=1S/C7H16O3/c1-2-7(3-4-8)10-6-5-9/h7-9H,2-6H2,1H3/t7-/m1/s1. The third-order valence-corrected chi connectivity index (χ3v) is 1.35. The second-order valence-corrected chi connectivity index (χ2v) is 2.14. The second-order valence-electron chi connectivity index (χ2n) is 2.14. The van der Waals surface area contributed by atoms with Crippen LogP contribution in [0.1, 0.15) is 19.8 Å². The average molecular weight is 148 g/mol. The minimum atomic E-state index is 0.0575. The fourth-order valence-electron chi connectivity index (χ4n) is 0.769. The van der Waals surface area contributed by atoms with Crippen LogP contribution >= 0.6 is 0 Å². The minimum Gasteiger partial charge on any atom is -0.396 e. The Bertz CT molecular complexity index is 65.9. The largest absolute Gasteiger partial charge is 0.396 e. The molecular formula is C7H16O3. The predicted molar refractivity (Wildman–Crippen MR) is 38.8 cm³/mol. The van der Waals surface area contributed by atoms with Gasteiger partial charge in [0.1, 0.15) is 0 Å². The molecule has 0 aromatic heterocycles. The summed E-state index contributed by atoms with van der Waals surface area (Å²) in [5.41, 5.74) is 0. The molecule has 0 amide bonds. The first-order chi connectivity index (χ1) is 4.85. The van der Waals surface area contributed by atoms with Gasteiger partial charge in [0.15, 0.2) is 0 Å². The molecule has 0 aromatic carbocycles. The molecule has 0 aliphatic rings. The van der Waals surface area contributed by atoms with E-state index in [1.54, 1.807) is 0 Å². The molecule has 0 fully saturated rings. The Hall–Kier alpha value is -0.120. The maximum atomic E-state index is 8.52. The molecule has 0 aromatic rings. The fourth-order valence-corrected chi connectivity index (χ4v) is 0.769. The predicted octanol–water partition coefficient (Wildman–Crippen LogP) is 0.156. The number of rotatable bonds is 6. The quantitative estimate of drug-likeness (QED) is 0.564. The highest BCUT2D eigenvalue weighted by Crippen LogP contribution is 2.01. The highest BCUT2D eigenvalue weighted by atomic mass is 16.5. The van der Waals surface area contributed by atoms with Crippen molar-refractivity contribution in [2.45, 2.75) is 25.9 Å². The van der Waals surface area contributed by atoms with Crippen LogP contribution in [0.5, 0.6) is 0 Å². The van der Waals surface area contributed by atoms with E-state index >= 15 is 0 Å². The summed E-state index contributed by atoms with van der Waals surface area (Å²) in [6, 6.07) is 0. The summed E-state index contributed by atoms with van der Waals surface area (Å²) in [6.07, 6.45) is 1.66. The first-order valence-electron chi connectivity index (χ1n) is 3.68. The van der Waals surface area contributed by atoms with Gasteiger partial charge in [0, 0.05) is 6.61 Å². The summed E-state index contributed by atoms with van der Waals surface area (Å²) in [5.74, 6) is 0. The number of hydrogen-bond acceptors (Lipinski definition) is 3. The van der Waals surface area contributed by atoms with Crippen molar-refractivity contribution >= 4 is 0 Å². The summed E-state index contributed by atoms with van der Waals surface area (Å²) in [6.45, 7) is 2.59. The van der Waals surface area contributed by atoms with Crippen molar-refractivity contribution in [1.82, 2.24) is 0 Å². The number of ether oxygens (including phenoxy) is 1. The summed E-state index contributed by atoms with van der Waals surface area (Å²) in [4.78, 5) is 0. The van der Waals surface area contributed by atoms with Crippen molar-refractivity contribution in [2.24, 2.45) is 0 Å². The Kier molecular flexibility index (Phi) is 6.91. The van der Waals surface area contributed by atoms with Gasteiger partial charge in [-0.2, -0.15) is 0 Å². The molecule has 0 heterocycles. The number of hydrogen-bond donors (Lipinski definition) is 2. The van der Waals surface area contributed by atoms with Gasteiger partial charge in [0.2, 0.25) is 0 Å². The van der Waals surface area contributed by atoms with Crippen molar-refractivity contribution in [2.75, 3.05) is 19.8 Å². The maximum absolute atomic E-state index is 8.52. The first kappa shape index (κ1) is 9.88. The van der Waals surface area contributed by atoms with Crippen LogP contribution in [-0.4, -0.2) is 36.1 Å². The molecule has 62 valence electrons. The zero-order valence-electron chi connectivity index (χ0n) is 6.42. The summed E-state index contributed by atoms with van der Waals surface area (Å²) >= 11 is 0. The van der Waals surface area contributed by atoms with Crippen LogP contribution in [0, 0.1) is 0 Å². The Morgan fingerprint density at radius 1 is 1.30 bits per heavy atom. The van der Waals surface area contributed by atoms with Gasteiger partial charge in [-0.3, -0.25) is 0 Å². The molecule has 2 N–H and O–H groups in total. The Morgan fingerprint density at radius 2 is 2.00 bits per heavy atom. The van der Waals surface area contributed by atoms with Crippen LogP contribution < -0.4 is 0 Å². The van der Waals surface area contributed by atoms with E-state index < -0.39 is 0 Å². The van der Waals surface area contributed by atoms with Crippen molar-refractivity contribution in [3.8, 4) is 0 Å². The number of aliphatic hydroxyl groups excluding tert-OH is 2. The lowest BCUT2D eigenvalue weighted by atomic mass is 10.2. The zero-order valence-corrected chi connectivity index (χ0v) is 6.42. The molecule has 0 unspecified atom stereocenters. The number of aliphatic hydroxyl groups is 2. The van der Waals surface area contributed by atoms with Gasteiger partial charge in [-0.15, -0.1) is 0 Å². The van der Waals surface area contributed by atoms with Crippen molar-refractivity contribution in [3.63, 3.8) is 0 Å². The first-order valence-corrected chi connectivity index (χ1v) is 3.68. The van der Waals surface area contributed by atoms with Crippen molar-refractivity contribution in [3.05, 3.63) is 0 Å². The molecule has 0 saturated carbocycles. The SMILES string of the molecule is CC[C@H](CCO)OCCO. The molecule has 3 nitrogen and oxygen atoms in total. The van der Waals surface area contributed by atoms with Gasteiger partial charge in [0.25, 0.3) is 0 Å². The van der Waals surface area contributed by atoms with Gasteiger partial charge >= 0.3 is 0 Å². The molecule has 0 saturated heterocycles. The highest BCUT2D eigenvalue weighted by Gasteiger charge is 2.03. The molecule has 0 rings (SSSR count).